The lowest BCUT2D eigenvalue weighted by atomic mass is 9.79. The molecule has 0 spiro atoms. The van der Waals surface area contributed by atoms with Crippen molar-refractivity contribution < 1.29 is 9.90 Å². The van der Waals surface area contributed by atoms with E-state index in [-0.39, 0.29) is 0 Å². The Kier molecular flexibility index (Phi) is 3.76. The number of carbonyl (C=O) groups is 1. The van der Waals surface area contributed by atoms with Crippen LogP contribution in [0, 0.1) is 11.3 Å². The molecule has 0 aromatic carbocycles. The molecule has 1 saturated carbocycles. The van der Waals surface area contributed by atoms with Gasteiger partial charge in [-0.15, -0.1) is 0 Å². The Hall–Kier alpha value is -0.570. The van der Waals surface area contributed by atoms with Crippen molar-refractivity contribution in [2.24, 2.45) is 11.3 Å². The number of nitrogens with zero attached hydrogens (tertiary/aromatic N) is 1. The SMILES string of the molecule is CCC1CCCC1N1CCC(C)(C(=O)O)CC1. The maximum absolute atomic E-state index is 11.2. The molecule has 1 heterocycles. The van der Waals surface area contributed by atoms with Gasteiger partial charge in [-0.25, -0.2) is 0 Å². The van der Waals surface area contributed by atoms with Crippen LogP contribution in [0.3, 0.4) is 0 Å². The fourth-order valence-electron chi connectivity index (χ4n) is 3.54. The van der Waals surface area contributed by atoms with Gasteiger partial charge in [0.1, 0.15) is 0 Å². The molecule has 2 rings (SSSR count). The van der Waals surface area contributed by atoms with Crippen LogP contribution in [0.5, 0.6) is 0 Å². The van der Waals surface area contributed by atoms with Crippen LogP contribution in [0.1, 0.15) is 52.4 Å². The minimum atomic E-state index is -0.615. The van der Waals surface area contributed by atoms with Crippen LogP contribution < -0.4 is 0 Å². The molecular formula is C14H25NO2. The number of piperidine rings is 1. The van der Waals surface area contributed by atoms with Crippen LogP contribution in [0.2, 0.25) is 0 Å². The highest BCUT2D eigenvalue weighted by molar-refractivity contribution is 5.74. The van der Waals surface area contributed by atoms with E-state index in [0.717, 1.165) is 37.9 Å². The second kappa shape index (κ2) is 4.97. The first kappa shape index (κ1) is 12.9. The maximum atomic E-state index is 11.2. The average molecular weight is 239 g/mol. The number of carboxylic acid groups (broad SMARTS) is 1. The number of aliphatic carboxylic acids is 1. The quantitative estimate of drug-likeness (QED) is 0.823. The van der Waals surface area contributed by atoms with Gasteiger partial charge in [-0.3, -0.25) is 4.79 Å². The van der Waals surface area contributed by atoms with Crippen LogP contribution in [0.4, 0.5) is 0 Å². The molecule has 17 heavy (non-hydrogen) atoms. The van der Waals surface area contributed by atoms with Crippen LogP contribution in [0.15, 0.2) is 0 Å². The van der Waals surface area contributed by atoms with Crippen molar-refractivity contribution in [1.82, 2.24) is 4.90 Å². The van der Waals surface area contributed by atoms with Gasteiger partial charge >= 0.3 is 5.97 Å². The highest BCUT2D eigenvalue weighted by Gasteiger charge is 2.40. The summed E-state index contributed by atoms with van der Waals surface area (Å²) in [5.41, 5.74) is -0.475. The lowest BCUT2D eigenvalue weighted by molar-refractivity contribution is -0.151. The fourth-order valence-corrected chi connectivity index (χ4v) is 3.54. The molecule has 0 bridgehead atoms. The molecule has 98 valence electrons. The molecule has 1 N–H and O–H groups in total. The first-order valence-electron chi connectivity index (χ1n) is 7.04. The molecule has 1 saturated heterocycles. The Morgan fingerprint density at radius 2 is 2.00 bits per heavy atom. The summed E-state index contributed by atoms with van der Waals surface area (Å²) < 4.78 is 0. The second-order valence-electron chi connectivity index (χ2n) is 6.07. The van der Waals surface area contributed by atoms with E-state index < -0.39 is 11.4 Å². The molecule has 0 radical (unpaired) electrons. The lowest BCUT2D eigenvalue weighted by Crippen LogP contribution is -2.47. The molecule has 2 fully saturated rings. The number of likely N-dealkylation sites (tertiary alicyclic amines) is 1. The van der Waals surface area contributed by atoms with Gasteiger partial charge in [-0.1, -0.05) is 19.8 Å². The Balaban J connectivity index is 1.93. The van der Waals surface area contributed by atoms with Gasteiger partial charge in [0.25, 0.3) is 0 Å². The number of rotatable bonds is 3. The minimum Gasteiger partial charge on any atom is -0.481 e. The lowest BCUT2D eigenvalue weighted by Gasteiger charge is -2.41. The van der Waals surface area contributed by atoms with E-state index in [4.69, 9.17) is 0 Å². The fraction of sp³-hybridized carbons (Fsp3) is 0.929. The predicted octanol–water partition coefficient (Wildman–Crippen LogP) is 2.75. The molecule has 0 aromatic rings. The summed E-state index contributed by atoms with van der Waals surface area (Å²) in [5.74, 6) is 0.236. The molecule has 2 aliphatic rings. The molecule has 1 aliphatic heterocycles. The van der Waals surface area contributed by atoms with Crippen LogP contribution >= 0.6 is 0 Å². The molecule has 0 amide bonds. The van der Waals surface area contributed by atoms with Crippen molar-refractivity contribution in [3.8, 4) is 0 Å². The van der Waals surface area contributed by atoms with Crippen molar-refractivity contribution in [2.75, 3.05) is 13.1 Å². The zero-order valence-corrected chi connectivity index (χ0v) is 11.1. The summed E-state index contributed by atoms with van der Waals surface area (Å²) in [4.78, 5) is 13.8. The predicted molar refractivity (Wildman–Crippen MR) is 68.0 cm³/mol. The van der Waals surface area contributed by atoms with Crippen molar-refractivity contribution in [2.45, 2.75) is 58.4 Å². The number of hydrogen-bond donors (Lipinski definition) is 1. The third-order valence-electron chi connectivity index (χ3n) is 5.03. The van der Waals surface area contributed by atoms with Gasteiger partial charge in [-0.2, -0.15) is 0 Å². The highest BCUT2D eigenvalue weighted by Crippen LogP contribution is 2.37. The Labute approximate surface area is 104 Å². The minimum absolute atomic E-state index is 0.475. The molecule has 0 aromatic heterocycles. The van der Waals surface area contributed by atoms with E-state index in [1.54, 1.807) is 0 Å². The zero-order valence-electron chi connectivity index (χ0n) is 11.1. The highest BCUT2D eigenvalue weighted by atomic mass is 16.4. The van der Waals surface area contributed by atoms with Crippen molar-refractivity contribution in [1.29, 1.82) is 0 Å². The second-order valence-corrected chi connectivity index (χ2v) is 6.07. The van der Waals surface area contributed by atoms with E-state index in [0.29, 0.717) is 0 Å². The Morgan fingerprint density at radius 1 is 1.35 bits per heavy atom. The number of carboxylic acids is 1. The summed E-state index contributed by atoms with van der Waals surface area (Å²) >= 11 is 0. The third-order valence-corrected chi connectivity index (χ3v) is 5.03. The van der Waals surface area contributed by atoms with Gasteiger partial charge in [0.15, 0.2) is 0 Å². The van der Waals surface area contributed by atoms with Crippen LogP contribution in [-0.2, 0) is 4.79 Å². The smallest absolute Gasteiger partial charge is 0.309 e. The van der Waals surface area contributed by atoms with Gasteiger partial charge in [0.05, 0.1) is 5.41 Å². The third kappa shape index (κ3) is 2.49. The summed E-state index contributed by atoms with van der Waals surface area (Å²) in [7, 11) is 0. The summed E-state index contributed by atoms with van der Waals surface area (Å²) in [6.07, 6.45) is 6.95. The van der Waals surface area contributed by atoms with Crippen molar-refractivity contribution >= 4 is 5.97 Å². The van der Waals surface area contributed by atoms with E-state index in [2.05, 4.69) is 11.8 Å². The van der Waals surface area contributed by atoms with Gasteiger partial charge in [0.2, 0.25) is 0 Å². The Bertz CT molecular complexity index is 282. The maximum Gasteiger partial charge on any atom is 0.309 e. The summed E-state index contributed by atoms with van der Waals surface area (Å²) in [6.45, 7) is 6.14. The van der Waals surface area contributed by atoms with E-state index in [9.17, 15) is 9.90 Å². The van der Waals surface area contributed by atoms with Crippen molar-refractivity contribution in [3.05, 3.63) is 0 Å². The van der Waals surface area contributed by atoms with E-state index in [1.165, 1.54) is 25.7 Å². The zero-order chi connectivity index (χ0) is 12.5. The summed E-state index contributed by atoms with van der Waals surface area (Å²) in [6, 6.07) is 0.735. The van der Waals surface area contributed by atoms with Crippen molar-refractivity contribution in [3.63, 3.8) is 0 Å². The van der Waals surface area contributed by atoms with Gasteiger partial charge in [-0.05, 0) is 51.6 Å². The largest absolute Gasteiger partial charge is 0.481 e. The summed E-state index contributed by atoms with van der Waals surface area (Å²) in [5, 5.41) is 9.23. The monoisotopic (exact) mass is 239 g/mol. The van der Waals surface area contributed by atoms with Gasteiger partial charge < -0.3 is 10.0 Å². The average Bonchev–Trinajstić information content (AvgIpc) is 2.78. The van der Waals surface area contributed by atoms with E-state index in [1.807, 2.05) is 6.92 Å². The van der Waals surface area contributed by atoms with Crippen LogP contribution in [0.25, 0.3) is 0 Å². The molecular weight excluding hydrogens is 214 g/mol. The number of hydrogen-bond acceptors (Lipinski definition) is 2. The first-order chi connectivity index (χ1) is 8.07. The molecule has 2 atom stereocenters. The molecule has 1 aliphatic carbocycles. The molecule has 3 heteroatoms. The standard InChI is InChI=1S/C14H25NO2/c1-3-11-5-4-6-12(11)15-9-7-14(2,8-10-15)13(16)17/h11-12H,3-10H2,1-2H3,(H,16,17). The topological polar surface area (TPSA) is 40.5 Å². The van der Waals surface area contributed by atoms with E-state index >= 15 is 0 Å². The Morgan fingerprint density at radius 3 is 2.53 bits per heavy atom. The molecule has 2 unspecified atom stereocenters. The van der Waals surface area contributed by atoms with Gasteiger partial charge in [0, 0.05) is 6.04 Å². The first-order valence-corrected chi connectivity index (χ1v) is 7.04. The normalized spacial score (nSPS) is 33.8. The van der Waals surface area contributed by atoms with Crippen LogP contribution in [-0.4, -0.2) is 35.1 Å². The molecule has 3 nitrogen and oxygen atoms in total.